The number of aromatic nitrogens is 6. The highest BCUT2D eigenvalue weighted by Crippen LogP contribution is 2.43. The van der Waals surface area contributed by atoms with E-state index in [0.29, 0.717) is 36.6 Å². The smallest absolute Gasteiger partial charge is 0.310 e. The molecule has 0 spiro atoms. The Balaban J connectivity index is 1.59. The third kappa shape index (κ3) is 4.58. The maximum atomic E-state index is 13.7. The standard InChI is InChI=1S/C28H35N7O4S/c1-7-35-23-11-10-20(18(3)26(23)30-32-35)25(28(4,5)27(36)37)22-14-19(33(6)31-22)16-34-15-17(2)13-21-24(40(34,38)39)9-8-12-29-21/h8-12,14,17,25H,7,13,15-16H2,1-6H3,(H,36,37)/t17-,25+/m0/s1. The van der Waals surface area contributed by atoms with E-state index in [-0.39, 0.29) is 17.4 Å². The Hall–Kier alpha value is -3.64. The second-order valence-corrected chi connectivity index (χ2v) is 13.2. The molecule has 2 atom stereocenters. The molecule has 4 aromatic rings. The molecule has 0 amide bonds. The van der Waals surface area contributed by atoms with Crippen LogP contribution in [0.1, 0.15) is 61.8 Å². The first-order chi connectivity index (χ1) is 18.9. The Labute approximate surface area is 233 Å². The summed E-state index contributed by atoms with van der Waals surface area (Å²) in [6, 6.07) is 8.94. The van der Waals surface area contributed by atoms with Crippen molar-refractivity contribution in [2.45, 2.75) is 64.9 Å². The molecule has 1 aromatic carbocycles. The highest BCUT2D eigenvalue weighted by atomic mass is 32.2. The number of aryl methyl sites for hydroxylation is 3. The van der Waals surface area contributed by atoms with Crippen molar-refractivity contribution in [2.75, 3.05) is 6.54 Å². The highest BCUT2D eigenvalue weighted by Gasteiger charge is 2.42. The fourth-order valence-electron chi connectivity index (χ4n) is 5.71. The van der Waals surface area contributed by atoms with E-state index in [1.165, 1.54) is 4.31 Å². The molecule has 212 valence electrons. The van der Waals surface area contributed by atoms with Gasteiger partial charge in [-0.3, -0.25) is 14.5 Å². The van der Waals surface area contributed by atoms with Crippen molar-refractivity contribution in [3.05, 3.63) is 64.7 Å². The number of nitrogens with zero attached hydrogens (tertiary/aromatic N) is 7. The van der Waals surface area contributed by atoms with E-state index >= 15 is 0 Å². The van der Waals surface area contributed by atoms with Gasteiger partial charge in [-0.15, -0.1) is 5.10 Å². The van der Waals surface area contributed by atoms with Crippen molar-refractivity contribution in [3.8, 4) is 0 Å². The number of carboxylic acid groups (broad SMARTS) is 1. The maximum Gasteiger partial charge on any atom is 0.310 e. The van der Waals surface area contributed by atoms with Gasteiger partial charge >= 0.3 is 5.97 Å². The fourth-order valence-corrected chi connectivity index (χ4v) is 7.43. The van der Waals surface area contributed by atoms with Crippen LogP contribution in [0.25, 0.3) is 11.0 Å². The van der Waals surface area contributed by atoms with Crippen LogP contribution in [-0.2, 0) is 41.4 Å². The number of aliphatic carboxylic acids is 1. The van der Waals surface area contributed by atoms with Crippen LogP contribution in [0.5, 0.6) is 0 Å². The van der Waals surface area contributed by atoms with Crippen molar-refractivity contribution in [2.24, 2.45) is 18.4 Å². The van der Waals surface area contributed by atoms with Crippen LogP contribution < -0.4 is 0 Å². The van der Waals surface area contributed by atoms with E-state index in [2.05, 4.69) is 15.3 Å². The monoisotopic (exact) mass is 565 g/mol. The molecular weight excluding hydrogens is 530 g/mol. The fraction of sp³-hybridized carbons (Fsp3) is 0.464. The van der Waals surface area contributed by atoms with Gasteiger partial charge in [0, 0.05) is 32.3 Å². The van der Waals surface area contributed by atoms with Gasteiger partial charge in [0.2, 0.25) is 10.0 Å². The zero-order valence-corrected chi connectivity index (χ0v) is 24.5. The summed E-state index contributed by atoms with van der Waals surface area (Å²) in [4.78, 5) is 17.1. The van der Waals surface area contributed by atoms with Gasteiger partial charge in [0.25, 0.3) is 0 Å². The van der Waals surface area contributed by atoms with Crippen molar-refractivity contribution in [3.63, 3.8) is 0 Å². The number of sulfonamides is 1. The number of hydrogen-bond donors (Lipinski definition) is 1. The van der Waals surface area contributed by atoms with Crippen LogP contribution in [0.15, 0.2) is 41.4 Å². The van der Waals surface area contributed by atoms with E-state index in [1.54, 1.807) is 48.6 Å². The number of pyridine rings is 1. The molecule has 4 heterocycles. The van der Waals surface area contributed by atoms with Gasteiger partial charge in [-0.1, -0.05) is 18.2 Å². The predicted molar refractivity (Wildman–Crippen MR) is 149 cm³/mol. The Morgan fingerprint density at radius 1 is 1.25 bits per heavy atom. The molecule has 0 radical (unpaired) electrons. The molecule has 1 aliphatic heterocycles. The first-order valence-electron chi connectivity index (χ1n) is 13.4. The summed E-state index contributed by atoms with van der Waals surface area (Å²) in [5.74, 6) is -1.51. The van der Waals surface area contributed by atoms with E-state index in [9.17, 15) is 18.3 Å². The summed E-state index contributed by atoms with van der Waals surface area (Å²) in [6.07, 6.45) is 2.19. The number of carbonyl (C=O) groups is 1. The molecule has 1 N–H and O–H groups in total. The van der Waals surface area contributed by atoms with Gasteiger partial charge in [0.05, 0.1) is 34.6 Å². The number of carboxylic acids is 1. The minimum Gasteiger partial charge on any atom is -0.481 e. The molecule has 0 saturated heterocycles. The van der Waals surface area contributed by atoms with Crippen molar-refractivity contribution >= 4 is 27.0 Å². The third-order valence-electron chi connectivity index (χ3n) is 8.02. The average Bonchev–Trinajstić information content (AvgIpc) is 3.46. The summed E-state index contributed by atoms with van der Waals surface area (Å²) in [5.41, 5.74) is 3.82. The predicted octanol–water partition coefficient (Wildman–Crippen LogP) is 3.51. The average molecular weight is 566 g/mol. The summed E-state index contributed by atoms with van der Waals surface area (Å²) in [6.45, 7) is 10.4. The lowest BCUT2D eigenvalue weighted by molar-refractivity contribution is -0.147. The second-order valence-electron chi connectivity index (χ2n) is 11.3. The van der Waals surface area contributed by atoms with Gasteiger partial charge in [0.1, 0.15) is 10.4 Å². The van der Waals surface area contributed by atoms with E-state index < -0.39 is 27.3 Å². The van der Waals surface area contributed by atoms with Crippen LogP contribution in [0, 0.1) is 18.3 Å². The minimum absolute atomic E-state index is 0.0724. The summed E-state index contributed by atoms with van der Waals surface area (Å²) >= 11 is 0. The Bertz CT molecular complexity index is 1710. The molecular formula is C28H35N7O4S. The molecule has 0 aliphatic carbocycles. The molecule has 1 aliphatic rings. The maximum absolute atomic E-state index is 13.7. The summed E-state index contributed by atoms with van der Waals surface area (Å²) in [7, 11) is -2.03. The van der Waals surface area contributed by atoms with E-state index in [4.69, 9.17) is 5.10 Å². The highest BCUT2D eigenvalue weighted by molar-refractivity contribution is 7.89. The van der Waals surface area contributed by atoms with Crippen LogP contribution in [0.2, 0.25) is 0 Å². The molecule has 11 nitrogen and oxygen atoms in total. The number of rotatable bonds is 7. The topological polar surface area (TPSA) is 136 Å². The first-order valence-corrected chi connectivity index (χ1v) is 14.8. The second kappa shape index (κ2) is 10.1. The third-order valence-corrected chi connectivity index (χ3v) is 9.90. The van der Waals surface area contributed by atoms with Gasteiger partial charge in [-0.25, -0.2) is 13.1 Å². The zero-order valence-electron chi connectivity index (χ0n) is 23.7. The van der Waals surface area contributed by atoms with Gasteiger partial charge in [-0.05, 0) is 75.4 Å². The summed E-state index contributed by atoms with van der Waals surface area (Å²) in [5, 5.41) is 23.6. The molecule has 5 rings (SSSR count). The van der Waals surface area contributed by atoms with E-state index in [0.717, 1.165) is 22.2 Å². The van der Waals surface area contributed by atoms with Crippen molar-refractivity contribution in [1.29, 1.82) is 0 Å². The van der Waals surface area contributed by atoms with Crippen LogP contribution in [0.4, 0.5) is 0 Å². The van der Waals surface area contributed by atoms with Crippen molar-refractivity contribution < 1.29 is 18.3 Å². The minimum atomic E-state index is -3.79. The molecule has 0 bridgehead atoms. The van der Waals surface area contributed by atoms with Crippen LogP contribution >= 0.6 is 0 Å². The molecule has 0 saturated carbocycles. The number of hydrogen-bond acceptors (Lipinski definition) is 7. The molecule has 40 heavy (non-hydrogen) atoms. The zero-order chi connectivity index (χ0) is 29.0. The van der Waals surface area contributed by atoms with E-state index in [1.807, 2.05) is 39.0 Å². The number of fused-ring (bicyclic) bond motifs is 2. The quantitative estimate of drug-likeness (QED) is 0.360. The molecule has 12 heteroatoms. The van der Waals surface area contributed by atoms with Crippen molar-refractivity contribution in [1.82, 2.24) is 34.1 Å². The van der Waals surface area contributed by atoms with Crippen LogP contribution in [-0.4, -0.2) is 60.1 Å². The SMILES string of the molecule is CCn1nnc2c(C)c([C@H](c3cc(CN4C[C@@H](C)Cc5ncccc5S4(=O)=O)n(C)n3)C(C)(C)C(=O)O)ccc21. The Morgan fingerprint density at radius 2 is 2.00 bits per heavy atom. The van der Waals surface area contributed by atoms with Gasteiger partial charge in [0.15, 0.2) is 0 Å². The normalized spacial score (nSPS) is 18.4. The Morgan fingerprint density at radius 3 is 2.70 bits per heavy atom. The number of benzene rings is 1. The molecule has 0 fully saturated rings. The lowest BCUT2D eigenvalue weighted by Crippen LogP contribution is -2.33. The van der Waals surface area contributed by atoms with Gasteiger partial charge in [-0.2, -0.15) is 9.40 Å². The lowest BCUT2D eigenvalue weighted by atomic mass is 9.72. The van der Waals surface area contributed by atoms with Crippen LogP contribution in [0.3, 0.4) is 0 Å². The molecule has 3 aromatic heterocycles. The molecule has 0 unspecified atom stereocenters. The summed E-state index contributed by atoms with van der Waals surface area (Å²) < 4.78 is 32.2. The Kier molecular flexibility index (Phi) is 7.03. The largest absolute Gasteiger partial charge is 0.481 e. The first kappa shape index (κ1) is 27.9. The van der Waals surface area contributed by atoms with Gasteiger partial charge < -0.3 is 5.11 Å². The lowest BCUT2D eigenvalue weighted by Gasteiger charge is -2.30.